The summed E-state index contributed by atoms with van der Waals surface area (Å²) in [5.74, 6) is 0.0467. The highest BCUT2D eigenvalue weighted by molar-refractivity contribution is 5.87. The minimum Gasteiger partial charge on any atom is -0.480 e. The van der Waals surface area contributed by atoms with E-state index in [1.165, 1.54) is 32.1 Å². The number of carboxylic acid groups (broad SMARTS) is 1. The summed E-state index contributed by atoms with van der Waals surface area (Å²) in [6, 6.07) is 0. The van der Waals surface area contributed by atoms with Gasteiger partial charge in [0, 0.05) is 6.42 Å². The molecule has 2 aliphatic rings. The molecule has 2 saturated carbocycles. The fraction of sp³-hybridized carbons (Fsp3) is 0.867. The van der Waals surface area contributed by atoms with Gasteiger partial charge in [0.05, 0.1) is 0 Å². The van der Waals surface area contributed by atoms with Gasteiger partial charge in [-0.05, 0) is 31.1 Å². The van der Waals surface area contributed by atoms with Crippen molar-refractivity contribution in [3.05, 3.63) is 0 Å². The van der Waals surface area contributed by atoms with E-state index in [-0.39, 0.29) is 5.91 Å². The molecule has 0 aromatic carbocycles. The predicted octanol–water partition coefficient (Wildman–Crippen LogP) is 2.72. The van der Waals surface area contributed by atoms with Gasteiger partial charge in [-0.3, -0.25) is 4.79 Å². The number of amides is 1. The molecule has 0 heterocycles. The van der Waals surface area contributed by atoms with Crippen LogP contribution >= 0.6 is 0 Å². The number of carboxylic acids is 1. The van der Waals surface area contributed by atoms with Gasteiger partial charge >= 0.3 is 5.97 Å². The second-order valence-corrected chi connectivity index (χ2v) is 6.37. The third kappa shape index (κ3) is 3.28. The van der Waals surface area contributed by atoms with Gasteiger partial charge in [0.15, 0.2) is 0 Å². The van der Waals surface area contributed by atoms with Crippen LogP contribution in [0, 0.1) is 11.8 Å². The van der Waals surface area contributed by atoms with Crippen molar-refractivity contribution in [2.75, 3.05) is 0 Å². The third-order valence-corrected chi connectivity index (χ3v) is 4.96. The Morgan fingerprint density at radius 1 is 1.21 bits per heavy atom. The SMILES string of the molecule is CC(CC(=O)NC1(C(=O)O)CCC1)C1CCCCC1. The van der Waals surface area contributed by atoms with Crippen LogP contribution in [0.1, 0.15) is 64.7 Å². The van der Waals surface area contributed by atoms with Crippen LogP contribution in [0.15, 0.2) is 0 Å². The van der Waals surface area contributed by atoms with Crippen molar-refractivity contribution in [1.82, 2.24) is 5.32 Å². The summed E-state index contributed by atoms with van der Waals surface area (Å²) in [5.41, 5.74) is -0.955. The zero-order valence-electron chi connectivity index (χ0n) is 11.8. The van der Waals surface area contributed by atoms with E-state index in [0.29, 0.717) is 31.1 Å². The van der Waals surface area contributed by atoms with Crippen molar-refractivity contribution in [2.45, 2.75) is 70.3 Å². The van der Waals surface area contributed by atoms with Crippen LogP contribution in [0.4, 0.5) is 0 Å². The first-order chi connectivity index (χ1) is 9.03. The molecule has 1 atom stereocenters. The van der Waals surface area contributed by atoms with Crippen LogP contribution in [-0.4, -0.2) is 22.5 Å². The van der Waals surface area contributed by atoms with E-state index in [1.54, 1.807) is 0 Å². The molecular formula is C15H25NO3. The van der Waals surface area contributed by atoms with Gasteiger partial charge in [-0.1, -0.05) is 39.0 Å². The Morgan fingerprint density at radius 2 is 1.84 bits per heavy atom. The average molecular weight is 267 g/mol. The summed E-state index contributed by atoms with van der Waals surface area (Å²) >= 11 is 0. The Kier molecular flexibility index (Phi) is 4.48. The molecule has 0 saturated heterocycles. The zero-order valence-corrected chi connectivity index (χ0v) is 11.8. The van der Waals surface area contributed by atoms with Crippen LogP contribution in [-0.2, 0) is 9.59 Å². The standard InChI is InChI=1S/C15H25NO3/c1-11(12-6-3-2-4-7-12)10-13(17)16-15(14(18)19)8-5-9-15/h11-12H,2-10H2,1H3,(H,16,17)(H,18,19). The fourth-order valence-corrected chi connectivity index (χ4v) is 3.40. The van der Waals surface area contributed by atoms with Crippen LogP contribution < -0.4 is 5.32 Å². The highest BCUT2D eigenvalue weighted by Gasteiger charge is 2.45. The molecule has 2 aliphatic carbocycles. The van der Waals surface area contributed by atoms with E-state index in [4.69, 9.17) is 0 Å². The smallest absolute Gasteiger partial charge is 0.329 e. The molecule has 4 nitrogen and oxygen atoms in total. The summed E-state index contributed by atoms with van der Waals surface area (Å²) in [6.45, 7) is 2.13. The van der Waals surface area contributed by atoms with Gasteiger partial charge in [0.1, 0.15) is 5.54 Å². The molecule has 0 aromatic rings. The molecule has 2 fully saturated rings. The van der Waals surface area contributed by atoms with E-state index >= 15 is 0 Å². The third-order valence-electron chi connectivity index (χ3n) is 4.96. The molecule has 1 unspecified atom stereocenters. The maximum absolute atomic E-state index is 12.0. The molecule has 0 radical (unpaired) electrons. The molecule has 2 rings (SSSR count). The lowest BCUT2D eigenvalue weighted by Crippen LogP contribution is -2.59. The van der Waals surface area contributed by atoms with Gasteiger partial charge < -0.3 is 10.4 Å². The highest BCUT2D eigenvalue weighted by atomic mass is 16.4. The Hall–Kier alpha value is -1.06. The lowest BCUT2D eigenvalue weighted by molar-refractivity contribution is -0.152. The maximum Gasteiger partial charge on any atom is 0.329 e. The topological polar surface area (TPSA) is 66.4 Å². The lowest BCUT2D eigenvalue weighted by Gasteiger charge is -2.38. The summed E-state index contributed by atoms with van der Waals surface area (Å²) in [6.07, 6.45) is 8.82. The summed E-state index contributed by atoms with van der Waals surface area (Å²) < 4.78 is 0. The van der Waals surface area contributed by atoms with Crippen molar-refractivity contribution in [3.63, 3.8) is 0 Å². The van der Waals surface area contributed by atoms with Crippen molar-refractivity contribution >= 4 is 11.9 Å². The van der Waals surface area contributed by atoms with Crippen LogP contribution in [0.5, 0.6) is 0 Å². The first-order valence-electron chi connectivity index (χ1n) is 7.58. The Bertz CT molecular complexity index is 343. The van der Waals surface area contributed by atoms with Gasteiger partial charge in [-0.2, -0.15) is 0 Å². The number of rotatable bonds is 5. The molecule has 0 spiro atoms. The quantitative estimate of drug-likeness (QED) is 0.805. The van der Waals surface area contributed by atoms with E-state index in [2.05, 4.69) is 12.2 Å². The second-order valence-electron chi connectivity index (χ2n) is 6.37. The molecule has 1 amide bonds. The molecule has 19 heavy (non-hydrogen) atoms. The van der Waals surface area contributed by atoms with E-state index in [1.807, 2.05) is 0 Å². The first kappa shape index (κ1) is 14.4. The maximum atomic E-state index is 12.0. The number of carbonyl (C=O) groups excluding carboxylic acids is 1. The summed E-state index contributed by atoms with van der Waals surface area (Å²) in [7, 11) is 0. The Labute approximate surface area is 115 Å². The van der Waals surface area contributed by atoms with Gasteiger partial charge in [0.2, 0.25) is 5.91 Å². The molecule has 0 aliphatic heterocycles. The van der Waals surface area contributed by atoms with Gasteiger partial charge in [-0.25, -0.2) is 4.79 Å². The van der Waals surface area contributed by atoms with Gasteiger partial charge in [0.25, 0.3) is 0 Å². The minimum absolute atomic E-state index is 0.0832. The normalized spacial score (nSPS) is 24.3. The van der Waals surface area contributed by atoms with Gasteiger partial charge in [-0.15, -0.1) is 0 Å². The molecular weight excluding hydrogens is 242 g/mol. The van der Waals surface area contributed by atoms with Crippen LogP contribution in [0.25, 0.3) is 0 Å². The van der Waals surface area contributed by atoms with E-state index in [9.17, 15) is 14.7 Å². The molecule has 2 N–H and O–H groups in total. The number of carbonyl (C=O) groups is 2. The monoisotopic (exact) mass is 267 g/mol. The van der Waals surface area contributed by atoms with E-state index < -0.39 is 11.5 Å². The van der Waals surface area contributed by atoms with Crippen LogP contribution in [0.3, 0.4) is 0 Å². The second kappa shape index (κ2) is 5.93. The largest absolute Gasteiger partial charge is 0.480 e. The molecule has 0 bridgehead atoms. The lowest BCUT2D eigenvalue weighted by atomic mass is 9.76. The molecule has 0 aromatic heterocycles. The summed E-state index contributed by atoms with van der Waals surface area (Å²) in [5, 5.41) is 12.0. The summed E-state index contributed by atoms with van der Waals surface area (Å²) in [4.78, 5) is 23.2. The highest BCUT2D eigenvalue weighted by Crippen LogP contribution is 2.34. The predicted molar refractivity (Wildman–Crippen MR) is 72.7 cm³/mol. The minimum atomic E-state index is -0.955. The van der Waals surface area contributed by atoms with Crippen LogP contribution in [0.2, 0.25) is 0 Å². The zero-order chi connectivity index (χ0) is 13.9. The van der Waals surface area contributed by atoms with Crippen molar-refractivity contribution < 1.29 is 14.7 Å². The molecule has 4 heteroatoms. The van der Waals surface area contributed by atoms with Crippen molar-refractivity contribution in [3.8, 4) is 0 Å². The number of nitrogens with one attached hydrogen (secondary N) is 1. The van der Waals surface area contributed by atoms with Crippen molar-refractivity contribution in [2.24, 2.45) is 11.8 Å². The Balaban J connectivity index is 1.81. The fourth-order valence-electron chi connectivity index (χ4n) is 3.40. The number of hydrogen-bond acceptors (Lipinski definition) is 2. The van der Waals surface area contributed by atoms with E-state index in [0.717, 1.165) is 6.42 Å². The average Bonchev–Trinajstić information content (AvgIpc) is 2.34. The Morgan fingerprint density at radius 3 is 2.32 bits per heavy atom. The number of hydrogen-bond donors (Lipinski definition) is 2. The van der Waals surface area contributed by atoms with Crippen molar-refractivity contribution in [1.29, 1.82) is 0 Å². The number of aliphatic carboxylic acids is 1. The molecule has 108 valence electrons. The first-order valence-corrected chi connectivity index (χ1v) is 7.58.